The summed E-state index contributed by atoms with van der Waals surface area (Å²) in [7, 11) is 0. The topological polar surface area (TPSA) is 150 Å². The molecule has 8 heteroatoms. The summed E-state index contributed by atoms with van der Waals surface area (Å²) in [5.41, 5.74) is 0. The van der Waals surface area contributed by atoms with E-state index in [-0.39, 0.29) is 0 Å². The number of nitrogens with one attached hydrogen (secondary N) is 5. The molecule has 0 unspecified atom stereocenters. The van der Waals surface area contributed by atoms with Gasteiger partial charge in [0, 0.05) is 0 Å². The molecule has 0 aliphatic rings. The van der Waals surface area contributed by atoms with Gasteiger partial charge in [0.25, 0.3) is 0 Å². The van der Waals surface area contributed by atoms with Crippen molar-refractivity contribution in [2.24, 2.45) is 0 Å². The highest BCUT2D eigenvalue weighted by atomic mass is 15.5. The highest BCUT2D eigenvalue weighted by Gasteiger charge is 1.58. The van der Waals surface area contributed by atoms with E-state index in [0.29, 0.717) is 0 Å². The van der Waals surface area contributed by atoms with Gasteiger partial charge in [-0.05, 0) is 26.9 Å². The molecule has 0 aliphatic carbocycles. The Kier molecular flexibility index (Phi) is 170. The van der Waals surface area contributed by atoms with Gasteiger partial charge in [0.1, 0.15) is 0 Å². The van der Waals surface area contributed by atoms with E-state index in [9.17, 15) is 0 Å². The van der Waals surface area contributed by atoms with Crippen LogP contribution in [-0.2, 0) is 0 Å². The van der Waals surface area contributed by atoms with Crippen molar-refractivity contribution in [1.82, 2.24) is 20.6 Å². The minimum atomic E-state index is 1.33. The molecule has 1 rings (SSSR count). The Morgan fingerprint density at radius 1 is 0.846 bits per heavy atom. The molecule has 0 saturated heterocycles. The highest BCUT2D eigenvalue weighted by Crippen LogP contribution is 1.43. The average Bonchev–Trinajstić information content (AvgIpc) is 2.87. The lowest BCUT2D eigenvalue weighted by Crippen LogP contribution is -1.64. The lowest BCUT2D eigenvalue weighted by atomic mass is 11.4. The Hall–Kier alpha value is -2.25. The van der Waals surface area contributed by atoms with Crippen LogP contribution in [0.3, 0.4) is 0 Å². The van der Waals surface area contributed by atoms with E-state index in [1.807, 2.05) is 0 Å². The number of H-pyrrole nitrogens is 1. The van der Waals surface area contributed by atoms with Gasteiger partial charge in [0.15, 0.2) is 6.33 Å². The zero-order chi connectivity index (χ0) is 11.5. The van der Waals surface area contributed by atoms with Crippen LogP contribution in [0.15, 0.2) is 6.33 Å². The van der Waals surface area contributed by atoms with Crippen molar-refractivity contribution in [2.45, 2.75) is 0 Å². The summed E-state index contributed by atoms with van der Waals surface area (Å²) in [5, 5.41) is 34.2. The molecule has 74 valence electrons. The Morgan fingerprint density at radius 2 is 1.23 bits per heavy atom. The van der Waals surface area contributed by atoms with Gasteiger partial charge in [-0.15, -0.1) is 10.2 Å². The molecule has 0 bridgehead atoms. The first-order valence-corrected chi connectivity index (χ1v) is 2.58. The van der Waals surface area contributed by atoms with Crippen molar-refractivity contribution in [3.8, 4) is 0 Å². The quantitative estimate of drug-likeness (QED) is 0.370. The molecule has 8 nitrogen and oxygen atoms in total. The van der Waals surface area contributed by atoms with Crippen LogP contribution in [0.1, 0.15) is 0 Å². The van der Waals surface area contributed by atoms with Gasteiger partial charge in [-0.1, -0.05) is 5.21 Å². The first-order chi connectivity index (χ1) is 6.50. The monoisotopic (exact) mass is 186 g/mol. The van der Waals surface area contributed by atoms with E-state index in [4.69, 9.17) is 21.6 Å². The van der Waals surface area contributed by atoms with Crippen molar-refractivity contribution < 1.29 is 0 Å². The first-order valence-electron chi connectivity index (χ1n) is 2.58. The Bertz CT molecular complexity index is 104. The van der Waals surface area contributed by atoms with Crippen LogP contribution in [-0.4, -0.2) is 47.5 Å². The van der Waals surface area contributed by atoms with E-state index >= 15 is 0 Å². The lowest BCUT2D eigenvalue weighted by Gasteiger charge is -1.44. The Balaban J connectivity index is -0.0000000445. The van der Waals surface area contributed by atoms with Gasteiger partial charge < -0.3 is 21.6 Å². The molecule has 0 amide bonds. The normalized spacial score (nSPS) is 4.31. The van der Waals surface area contributed by atoms with Gasteiger partial charge in [0.2, 0.25) is 0 Å². The summed E-state index contributed by atoms with van der Waals surface area (Å²) in [6.45, 7) is 10.0. The third-order valence-corrected chi connectivity index (χ3v) is 0.270. The fourth-order valence-corrected chi connectivity index (χ4v) is 0.129. The summed E-state index contributed by atoms with van der Waals surface area (Å²) >= 11 is 0. The SMILES string of the molecule is C=N.C=N.C=N.C=N.c1nn[nH]n1. The molecule has 1 aromatic heterocycles. The van der Waals surface area contributed by atoms with Crippen molar-refractivity contribution in [3.63, 3.8) is 0 Å². The molecule has 0 fully saturated rings. The molecular weight excluding hydrogens is 172 g/mol. The second-order valence-electron chi connectivity index (χ2n) is 0.560. The van der Waals surface area contributed by atoms with E-state index in [1.54, 1.807) is 0 Å². The van der Waals surface area contributed by atoms with Crippen LogP contribution < -0.4 is 0 Å². The summed E-state index contributed by atoms with van der Waals surface area (Å²) in [5.74, 6) is 0. The average molecular weight is 186 g/mol. The largest absolute Gasteiger partial charge is 0.317 e. The van der Waals surface area contributed by atoms with Crippen LogP contribution in [0.4, 0.5) is 0 Å². The maximum absolute atomic E-state index is 5.50. The smallest absolute Gasteiger partial charge is 0.161 e. The molecule has 0 atom stereocenters. The van der Waals surface area contributed by atoms with Crippen LogP contribution in [0.25, 0.3) is 0 Å². The van der Waals surface area contributed by atoms with Crippen LogP contribution in [0.2, 0.25) is 0 Å². The molecule has 13 heavy (non-hydrogen) atoms. The van der Waals surface area contributed by atoms with Gasteiger partial charge in [-0.2, -0.15) is 5.21 Å². The number of hydrogen-bond acceptors (Lipinski definition) is 7. The highest BCUT2D eigenvalue weighted by molar-refractivity contribution is 5.16. The molecule has 5 N–H and O–H groups in total. The molecule has 1 aromatic rings. The molecule has 0 saturated carbocycles. The van der Waals surface area contributed by atoms with Gasteiger partial charge >= 0.3 is 0 Å². The molecule has 0 aromatic carbocycles. The molecular formula is C5H14N8. The van der Waals surface area contributed by atoms with Gasteiger partial charge in [-0.25, -0.2) is 0 Å². The maximum Gasteiger partial charge on any atom is 0.161 e. The van der Waals surface area contributed by atoms with Crippen molar-refractivity contribution >= 4 is 26.9 Å². The van der Waals surface area contributed by atoms with E-state index in [0.717, 1.165) is 0 Å². The Labute approximate surface area is 76.4 Å². The predicted octanol–water partition coefficient (Wildman–Crippen LogP) is 0.263. The summed E-state index contributed by atoms with van der Waals surface area (Å²) < 4.78 is 0. The molecule has 1 heterocycles. The molecule has 0 aliphatic heterocycles. The summed E-state index contributed by atoms with van der Waals surface area (Å²) in [6, 6.07) is 0. The second kappa shape index (κ2) is 98.7. The number of aromatic amines is 1. The zero-order valence-electron chi connectivity index (χ0n) is 7.25. The zero-order valence-corrected chi connectivity index (χ0v) is 7.25. The number of hydrogen-bond donors (Lipinski definition) is 5. The number of aromatic nitrogens is 4. The summed E-state index contributed by atoms with van der Waals surface area (Å²) in [4.78, 5) is 0. The second-order valence-corrected chi connectivity index (χ2v) is 0.560. The fraction of sp³-hybridized carbons (Fsp3) is 0. The van der Waals surface area contributed by atoms with Gasteiger partial charge in [0.05, 0.1) is 0 Å². The number of nitrogens with zero attached hydrogens (tertiary/aromatic N) is 3. The van der Waals surface area contributed by atoms with E-state index in [2.05, 4.69) is 47.5 Å². The lowest BCUT2D eigenvalue weighted by molar-refractivity contribution is 0.881. The maximum atomic E-state index is 5.50. The minimum Gasteiger partial charge on any atom is -0.317 e. The number of rotatable bonds is 0. The number of tetrazole rings is 1. The van der Waals surface area contributed by atoms with Crippen molar-refractivity contribution in [2.75, 3.05) is 0 Å². The van der Waals surface area contributed by atoms with Crippen molar-refractivity contribution in [1.29, 1.82) is 21.6 Å². The third-order valence-electron chi connectivity index (χ3n) is 0.270. The first kappa shape index (κ1) is 22.4. The fourth-order valence-electron chi connectivity index (χ4n) is 0.129. The summed E-state index contributed by atoms with van der Waals surface area (Å²) in [6.07, 6.45) is 1.33. The Morgan fingerprint density at radius 3 is 1.31 bits per heavy atom. The van der Waals surface area contributed by atoms with Gasteiger partial charge in [-0.3, -0.25) is 0 Å². The van der Waals surface area contributed by atoms with Crippen molar-refractivity contribution in [3.05, 3.63) is 6.33 Å². The van der Waals surface area contributed by atoms with Crippen LogP contribution in [0, 0.1) is 21.6 Å². The molecule has 0 radical (unpaired) electrons. The predicted molar refractivity (Wildman–Crippen MR) is 53.5 cm³/mol. The van der Waals surface area contributed by atoms with E-state index in [1.165, 1.54) is 6.33 Å². The standard InChI is InChI=1S/CH2N4.4CH3N/c1-2-4-5-3-1;4*1-2/h1H,(H,2,3,4,5);4*2H,1H2. The van der Waals surface area contributed by atoms with Crippen LogP contribution >= 0.6 is 0 Å². The third kappa shape index (κ3) is 77.4. The van der Waals surface area contributed by atoms with E-state index < -0.39 is 0 Å². The van der Waals surface area contributed by atoms with Crippen LogP contribution in [0.5, 0.6) is 0 Å². The minimum absolute atomic E-state index is 1.33. The molecule has 0 spiro atoms.